The first-order valence-electron chi connectivity index (χ1n) is 21.5. The van der Waals surface area contributed by atoms with E-state index in [1.165, 1.54) is 161 Å². The molecule has 46 heavy (non-hydrogen) atoms. The average Bonchev–Trinajstić information content (AvgIpc) is 3.06. The Morgan fingerprint density at radius 3 is 1.83 bits per heavy atom. The summed E-state index contributed by atoms with van der Waals surface area (Å²) in [7, 11) is 0. The second-order valence-electron chi connectivity index (χ2n) is 16.6. The Labute approximate surface area is 293 Å². The lowest BCUT2D eigenvalue weighted by atomic mass is 9.39. The van der Waals surface area contributed by atoms with Crippen molar-refractivity contribution >= 4 is 0 Å². The van der Waals surface area contributed by atoms with Crippen LogP contribution in [-0.2, 0) is 0 Å². The highest BCUT2D eigenvalue weighted by Gasteiger charge is 2.61. The maximum Gasteiger partial charge on any atom is 0.0155 e. The lowest BCUT2D eigenvalue weighted by molar-refractivity contribution is -0.113. The smallest absolute Gasteiger partial charge is 0.0155 e. The Morgan fingerprint density at radius 1 is 0.674 bits per heavy atom. The van der Waals surface area contributed by atoms with Gasteiger partial charge in [-0.2, -0.15) is 0 Å². The fourth-order valence-corrected chi connectivity index (χ4v) is 10.7. The van der Waals surface area contributed by atoms with Crippen molar-refractivity contribution in [3.05, 3.63) is 23.3 Å². The van der Waals surface area contributed by atoms with Gasteiger partial charge in [0.15, 0.2) is 0 Å². The zero-order valence-corrected chi connectivity index (χ0v) is 34.1. The molecule has 4 unspecified atom stereocenters. The van der Waals surface area contributed by atoms with Crippen molar-refractivity contribution < 1.29 is 0 Å². The summed E-state index contributed by atoms with van der Waals surface area (Å²) in [6.07, 6.45) is 39.9. The zero-order valence-electron chi connectivity index (χ0n) is 34.1. The summed E-state index contributed by atoms with van der Waals surface area (Å²) in [6, 6.07) is 0. The van der Waals surface area contributed by atoms with E-state index in [0.717, 1.165) is 11.8 Å². The molecule has 0 nitrogen and oxygen atoms in total. The molecule has 0 bridgehead atoms. The van der Waals surface area contributed by atoms with Crippen LogP contribution >= 0.6 is 0 Å². The number of rotatable bonds is 27. The Kier molecular flexibility index (Phi) is 22.5. The zero-order chi connectivity index (χ0) is 34.5. The van der Waals surface area contributed by atoms with Gasteiger partial charge in [0, 0.05) is 5.41 Å². The van der Waals surface area contributed by atoms with Crippen molar-refractivity contribution in [2.75, 3.05) is 0 Å². The van der Waals surface area contributed by atoms with Crippen LogP contribution in [0.5, 0.6) is 0 Å². The molecular weight excluding hydrogens is 553 g/mol. The van der Waals surface area contributed by atoms with Crippen LogP contribution in [0.25, 0.3) is 0 Å². The summed E-state index contributed by atoms with van der Waals surface area (Å²) in [5, 5.41) is 0. The normalized spacial score (nSPS) is 20.0. The van der Waals surface area contributed by atoms with Crippen molar-refractivity contribution in [1.82, 2.24) is 0 Å². The van der Waals surface area contributed by atoms with Crippen LogP contribution in [0, 0.1) is 34.0 Å². The van der Waals surface area contributed by atoms with Gasteiger partial charge in [-0.25, -0.2) is 0 Å². The van der Waals surface area contributed by atoms with Gasteiger partial charge in [-0.1, -0.05) is 189 Å². The van der Waals surface area contributed by atoms with Gasteiger partial charge in [0.1, 0.15) is 0 Å². The van der Waals surface area contributed by atoms with Crippen molar-refractivity contribution in [3.63, 3.8) is 0 Å². The molecule has 0 amide bonds. The predicted octanol–water partition coefficient (Wildman–Crippen LogP) is 16.6. The van der Waals surface area contributed by atoms with Crippen molar-refractivity contribution in [2.45, 2.75) is 237 Å². The Balaban J connectivity index is 4.42. The SMILES string of the molecule is CCCC=CC(CC(C)CC)(C(C)=C(CCCCCCC)C1CCCCC1)C(CCCC)(CCCCC)C(CC)(CCC)C(C)C. The molecule has 0 saturated heterocycles. The molecule has 1 rings (SSSR count). The highest BCUT2D eigenvalue weighted by molar-refractivity contribution is 5.34. The van der Waals surface area contributed by atoms with Crippen molar-refractivity contribution in [2.24, 2.45) is 34.0 Å². The highest BCUT2D eigenvalue weighted by Crippen LogP contribution is 2.69. The summed E-state index contributed by atoms with van der Waals surface area (Å²) in [4.78, 5) is 0. The van der Waals surface area contributed by atoms with Gasteiger partial charge in [-0.3, -0.25) is 0 Å². The highest BCUT2D eigenvalue weighted by atomic mass is 14.6. The number of allylic oxidation sites excluding steroid dienone is 4. The summed E-state index contributed by atoms with van der Waals surface area (Å²) < 4.78 is 0. The van der Waals surface area contributed by atoms with Crippen LogP contribution in [0.3, 0.4) is 0 Å². The van der Waals surface area contributed by atoms with Crippen LogP contribution in [-0.4, -0.2) is 0 Å². The minimum atomic E-state index is 0.131. The first-order valence-corrected chi connectivity index (χ1v) is 21.5. The average molecular weight is 641 g/mol. The maximum absolute atomic E-state index is 2.95. The number of hydrogen-bond donors (Lipinski definition) is 0. The first kappa shape index (κ1) is 43.5. The molecule has 0 spiro atoms. The van der Waals surface area contributed by atoms with Crippen LogP contribution in [0.15, 0.2) is 23.3 Å². The lowest BCUT2D eigenvalue weighted by Crippen LogP contribution is -2.57. The molecule has 0 aromatic heterocycles. The monoisotopic (exact) mass is 641 g/mol. The van der Waals surface area contributed by atoms with Gasteiger partial charge in [0.05, 0.1) is 0 Å². The van der Waals surface area contributed by atoms with E-state index in [1.54, 1.807) is 0 Å². The van der Waals surface area contributed by atoms with E-state index in [-0.39, 0.29) is 10.8 Å². The molecule has 0 aliphatic heterocycles. The standard InChI is InChI=1S/C46H88/c1-12-19-23-24-28-33-43(42-31-26-25-27-32-42)41(11)45(35-29-20-13-2,38-40(10)17-6)46(36-22-15-4,37-30-21-14-3)44(18-7,34-16-5)39(8)9/h29,35,39-40,42H,12-28,30-34,36-38H2,1-11H3. The predicted molar refractivity (Wildman–Crippen MR) is 212 cm³/mol. The van der Waals surface area contributed by atoms with Crippen LogP contribution in [0.1, 0.15) is 237 Å². The fourth-order valence-electron chi connectivity index (χ4n) is 10.7. The van der Waals surface area contributed by atoms with E-state index >= 15 is 0 Å². The molecule has 1 aliphatic carbocycles. The Bertz CT molecular complexity index is 808. The van der Waals surface area contributed by atoms with Gasteiger partial charge < -0.3 is 0 Å². The van der Waals surface area contributed by atoms with Crippen molar-refractivity contribution in [1.29, 1.82) is 0 Å². The molecule has 0 heteroatoms. The molecule has 0 aromatic rings. The second-order valence-corrected chi connectivity index (χ2v) is 16.6. The number of hydrogen-bond acceptors (Lipinski definition) is 0. The largest absolute Gasteiger partial charge is 0.0876 e. The number of unbranched alkanes of at least 4 members (excludes halogenated alkanes) is 8. The van der Waals surface area contributed by atoms with E-state index in [4.69, 9.17) is 0 Å². The van der Waals surface area contributed by atoms with Gasteiger partial charge in [0.2, 0.25) is 0 Å². The summed E-state index contributed by atoms with van der Waals surface area (Å²) >= 11 is 0. The molecule has 4 atom stereocenters. The molecule has 272 valence electrons. The third-order valence-electron chi connectivity index (χ3n) is 13.4. The first-order chi connectivity index (χ1) is 22.2. The van der Waals surface area contributed by atoms with Crippen LogP contribution < -0.4 is 0 Å². The molecule has 1 aliphatic rings. The van der Waals surface area contributed by atoms with E-state index in [0.29, 0.717) is 11.3 Å². The molecule has 0 radical (unpaired) electrons. The van der Waals surface area contributed by atoms with E-state index < -0.39 is 0 Å². The minimum absolute atomic E-state index is 0.131. The third kappa shape index (κ3) is 11.3. The minimum Gasteiger partial charge on any atom is -0.0876 e. The van der Waals surface area contributed by atoms with E-state index in [2.05, 4.69) is 88.3 Å². The second kappa shape index (κ2) is 23.8. The lowest BCUT2D eigenvalue weighted by Gasteiger charge is -2.64. The third-order valence-corrected chi connectivity index (χ3v) is 13.4. The quantitative estimate of drug-likeness (QED) is 0.0619. The maximum atomic E-state index is 2.95. The van der Waals surface area contributed by atoms with E-state index in [9.17, 15) is 0 Å². The Morgan fingerprint density at radius 2 is 1.28 bits per heavy atom. The van der Waals surface area contributed by atoms with Gasteiger partial charge in [-0.05, 0) is 99.7 Å². The fraction of sp³-hybridized carbons (Fsp3) is 0.913. The van der Waals surface area contributed by atoms with Gasteiger partial charge in [-0.15, -0.1) is 0 Å². The van der Waals surface area contributed by atoms with Crippen LogP contribution in [0.2, 0.25) is 0 Å². The molecule has 0 aromatic carbocycles. The molecule has 0 heterocycles. The van der Waals surface area contributed by atoms with Crippen LogP contribution in [0.4, 0.5) is 0 Å². The summed E-state index contributed by atoms with van der Waals surface area (Å²) in [5.74, 6) is 2.23. The van der Waals surface area contributed by atoms with E-state index in [1.807, 2.05) is 11.1 Å². The Hall–Kier alpha value is -0.520. The van der Waals surface area contributed by atoms with Crippen molar-refractivity contribution in [3.8, 4) is 0 Å². The summed E-state index contributed by atoms with van der Waals surface area (Å²) in [5.41, 5.74) is 4.58. The molecule has 0 N–H and O–H groups in total. The molecule has 1 fully saturated rings. The van der Waals surface area contributed by atoms with Gasteiger partial charge >= 0.3 is 0 Å². The topological polar surface area (TPSA) is 0 Å². The summed E-state index contributed by atoms with van der Waals surface area (Å²) in [6.45, 7) is 27.9. The molecule has 1 saturated carbocycles. The molecular formula is C46H88. The van der Waals surface area contributed by atoms with Gasteiger partial charge in [0.25, 0.3) is 0 Å².